The Bertz CT molecular complexity index is 889. The molecule has 3 unspecified atom stereocenters. The molecule has 0 amide bonds. The Morgan fingerprint density at radius 2 is 2.11 bits per heavy atom. The zero-order valence-corrected chi connectivity index (χ0v) is 17.5. The van der Waals surface area contributed by atoms with Crippen molar-refractivity contribution in [1.82, 2.24) is 10.3 Å². The van der Waals surface area contributed by atoms with Gasteiger partial charge in [-0.3, -0.25) is 0 Å². The molecule has 1 aliphatic rings. The van der Waals surface area contributed by atoms with Crippen molar-refractivity contribution in [2.75, 3.05) is 17.6 Å². The van der Waals surface area contributed by atoms with E-state index in [1.165, 1.54) is 11.1 Å². The number of pyridine rings is 1. The molecule has 1 aromatic heterocycles. The van der Waals surface area contributed by atoms with E-state index in [-0.39, 0.29) is 18.3 Å². The summed E-state index contributed by atoms with van der Waals surface area (Å²) in [5, 5.41) is 12.5. The van der Waals surface area contributed by atoms with Crippen molar-refractivity contribution < 1.29 is 8.42 Å². The van der Waals surface area contributed by atoms with E-state index in [2.05, 4.69) is 34.7 Å². The van der Waals surface area contributed by atoms with E-state index in [1.807, 2.05) is 30.5 Å². The Morgan fingerprint density at radius 1 is 1.29 bits per heavy atom. The summed E-state index contributed by atoms with van der Waals surface area (Å²) in [6.07, 6.45) is 5.21. The lowest BCUT2D eigenvalue weighted by Crippen LogP contribution is -2.29. The smallest absolute Gasteiger partial charge is 0.210 e. The van der Waals surface area contributed by atoms with Gasteiger partial charge in [0.25, 0.3) is 0 Å². The van der Waals surface area contributed by atoms with Crippen LogP contribution in [0.2, 0.25) is 5.02 Å². The highest BCUT2D eigenvalue weighted by molar-refractivity contribution is 7.89. The normalized spacial score (nSPS) is 20.8. The summed E-state index contributed by atoms with van der Waals surface area (Å²) >= 11 is 6.10. The minimum Gasteiger partial charge on any atom is -0.369 e. The number of aromatic nitrogens is 1. The van der Waals surface area contributed by atoms with Crippen molar-refractivity contribution in [1.29, 1.82) is 0 Å². The number of nitrogens with one attached hydrogen (secondary N) is 2. The zero-order valence-electron chi connectivity index (χ0n) is 15.9. The standard InChI is InChI=1S/C20H27ClN4O2S/c1-14(15-3-2-4-18(21)11-15)25-19-7-5-16(12-19)17-6-8-20(24-13-17)23-9-10-28(22,26)27/h2-4,6,8,11,13-14,16,19,25H,5,7,9-10,12H2,1H3,(H,23,24)(H2,22,26,27). The van der Waals surface area contributed by atoms with Crippen LogP contribution < -0.4 is 15.8 Å². The average molecular weight is 423 g/mol. The van der Waals surface area contributed by atoms with Gasteiger partial charge < -0.3 is 10.6 Å². The van der Waals surface area contributed by atoms with Crippen molar-refractivity contribution in [2.24, 2.45) is 5.14 Å². The van der Waals surface area contributed by atoms with Crippen molar-refractivity contribution in [3.05, 3.63) is 58.7 Å². The highest BCUT2D eigenvalue weighted by Crippen LogP contribution is 2.35. The Morgan fingerprint density at radius 3 is 2.79 bits per heavy atom. The highest BCUT2D eigenvalue weighted by Gasteiger charge is 2.27. The molecular weight excluding hydrogens is 396 g/mol. The summed E-state index contributed by atoms with van der Waals surface area (Å²) in [6, 6.07) is 12.7. The van der Waals surface area contributed by atoms with Crippen LogP contribution >= 0.6 is 11.6 Å². The molecule has 0 spiro atoms. The van der Waals surface area contributed by atoms with Crippen LogP contribution in [0.5, 0.6) is 0 Å². The van der Waals surface area contributed by atoms with Crippen LogP contribution in [-0.4, -0.2) is 31.7 Å². The number of nitrogens with zero attached hydrogens (tertiary/aromatic N) is 1. The molecule has 1 aliphatic carbocycles. The Kier molecular flexibility index (Phi) is 6.93. The van der Waals surface area contributed by atoms with Gasteiger partial charge in [-0.15, -0.1) is 0 Å². The maximum absolute atomic E-state index is 11.0. The molecule has 152 valence electrons. The van der Waals surface area contributed by atoms with E-state index >= 15 is 0 Å². The lowest BCUT2D eigenvalue weighted by atomic mass is 9.99. The second kappa shape index (κ2) is 9.22. The number of nitrogens with two attached hydrogens (primary N) is 1. The van der Waals surface area contributed by atoms with Crippen LogP contribution in [0.25, 0.3) is 0 Å². The average Bonchev–Trinajstić information content (AvgIpc) is 3.10. The van der Waals surface area contributed by atoms with E-state index in [1.54, 1.807) is 0 Å². The van der Waals surface area contributed by atoms with Gasteiger partial charge in [-0.1, -0.05) is 29.8 Å². The maximum atomic E-state index is 11.0. The molecule has 0 radical (unpaired) electrons. The largest absolute Gasteiger partial charge is 0.369 e. The molecule has 6 nitrogen and oxygen atoms in total. The van der Waals surface area contributed by atoms with Gasteiger partial charge in [0.05, 0.1) is 5.75 Å². The van der Waals surface area contributed by atoms with E-state index in [4.69, 9.17) is 16.7 Å². The monoisotopic (exact) mass is 422 g/mol. The van der Waals surface area contributed by atoms with Crippen LogP contribution in [0.15, 0.2) is 42.6 Å². The molecule has 1 heterocycles. The quantitative estimate of drug-likeness (QED) is 0.605. The van der Waals surface area contributed by atoms with E-state index in [0.717, 1.165) is 24.3 Å². The third-order valence-corrected chi connectivity index (χ3v) is 6.23. The van der Waals surface area contributed by atoms with Gasteiger partial charge in [-0.25, -0.2) is 18.5 Å². The van der Waals surface area contributed by atoms with Gasteiger partial charge >= 0.3 is 0 Å². The van der Waals surface area contributed by atoms with E-state index in [0.29, 0.717) is 17.8 Å². The topological polar surface area (TPSA) is 97.1 Å². The lowest BCUT2D eigenvalue weighted by Gasteiger charge is -2.20. The molecule has 1 aromatic carbocycles. The summed E-state index contributed by atoms with van der Waals surface area (Å²) in [5.41, 5.74) is 2.42. The minimum atomic E-state index is -3.46. The van der Waals surface area contributed by atoms with Crippen molar-refractivity contribution in [3.63, 3.8) is 0 Å². The SMILES string of the molecule is CC(NC1CCC(c2ccc(NCCS(N)(=O)=O)nc2)C1)c1cccc(Cl)c1. The first kappa shape index (κ1) is 21.0. The first-order valence-electron chi connectivity index (χ1n) is 9.52. The molecule has 1 saturated carbocycles. The first-order valence-corrected chi connectivity index (χ1v) is 11.6. The summed E-state index contributed by atoms with van der Waals surface area (Å²) in [7, 11) is -3.46. The van der Waals surface area contributed by atoms with Crippen LogP contribution in [0.1, 0.15) is 49.3 Å². The fourth-order valence-corrected chi connectivity index (χ4v) is 4.32. The Hall–Kier alpha value is -1.67. The second-order valence-electron chi connectivity index (χ2n) is 7.42. The zero-order chi connectivity index (χ0) is 20.1. The molecule has 2 aromatic rings. The minimum absolute atomic E-state index is 0.114. The maximum Gasteiger partial charge on any atom is 0.210 e. The first-order chi connectivity index (χ1) is 13.3. The van der Waals surface area contributed by atoms with Crippen LogP contribution in [-0.2, 0) is 10.0 Å². The number of hydrogen-bond donors (Lipinski definition) is 3. The molecule has 0 bridgehead atoms. The van der Waals surface area contributed by atoms with Crippen LogP contribution in [0.4, 0.5) is 5.82 Å². The fraction of sp³-hybridized carbons (Fsp3) is 0.450. The molecule has 3 rings (SSSR count). The van der Waals surface area contributed by atoms with Gasteiger partial charge in [0.2, 0.25) is 10.0 Å². The van der Waals surface area contributed by atoms with Gasteiger partial charge in [0, 0.05) is 29.8 Å². The second-order valence-corrected chi connectivity index (χ2v) is 9.59. The molecule has 0 saturated heterocycles. The number of primary sulfonamides is 1. The summed E-state index contributed by atoms with van der Waals surface area (Å²) < 4.78 is 21.9. The van der Waals surface area contributed by atoms with Gasteiger partial charge in [-0.2, -0.15) is 0 Å². The Balaban J connectivity index is 1.50. The summed E-state index contributed by atoms with van der Waals surface area (Å²) in [4.78, 5) is 4.40. The number of sulfonamides is 1. The third kappa shape index (κ3) is 6.17. The molecule has 0 aliphatic heterocycles. The predicted molar refractivity (Wildman–Crippen MR) is 114 cm³/mol. The molecule has 28 heavy (non-hydrogen) atoms. The lowest BCUT2D eigenvalue weighted by molar-refractivity contribution is 0.457. The van der Waals surface area contributed by atoms with Gasteiger partial charge in [-0.05, 0) is 61.4 Å². The van der Waals surface area contributed by atoms with E-state index in [9.17, 15) is 8.42 Å². The number of anilines is 1. The van der Waals surface area contributed by atoms with Crippen LogP contribution in [0, 0.1) is 0 Å². The summed E-state index contributed by atoms with van der Waals surface area (Å²) in [6.45, 7) is 2.42. The molecule has 8 heteroatoms. The summed E-state index contributed by atoms with van der Waals surface area (Å²) in [5.74, 6) is 1.03. The number of benzene rings is 1. The number of rotatable bonds is 8. The number of hydrogen-bond acceptors (Lipinski definition) is 5. The predicted octanol–water partition coefficient (Wildman–Crippen LogP) is 3.42. The van der Waals surface area contributed by atoms with Crippen molar-refractivity contribution >= 4 is 27.4 Å². The fourth-order valence-electron chi connectivity index (χ4n) is 3.73. The van der Waals surface area contributed by atoms with Crippen LogP contribution in [0.3, 0.4) is 0 Å². The molecule has 1 fully saturated rings. The molecule has 3 atom stereocenters. The van der Waals surface area contributed by atoms with Gasteiger partial charge in [0.1, 0.15) is 5.82 Å². The highest BCUT2D eigenvalue weighted by atomic mass is 35.5. The third-order valence-electron chi connectivity index (χ3n) is 5.22. The number of halogens is 1. The van der Waals surface area contributed by atoms with Crippen molar-refractivity contribution in [2.45, 2.75) is 44.2 Å². The molecular formula is C20H27ClN4O2S. The van der Waals surface area contributed by atoms with E-state index < -0.39 is 10.0 Å². The Labute approximate surface area is 171 Å². The molecule has 4 N–H and O–H groups in total. The van der Waals surface area contributed by atoms with Gasteiger partial charge in [0.15, 0.2) is 0 Å². The van der Waals surface area contributed by atoms with Crippen molar-refractivity contribution in [3.8, 4) is 0 Å².